The van der Waals surface area contributed by atoms with Crippen molar-refractivity contribution in [1.82, 2.24) is 5.32 Å². The molecule has 104 valence electrons. The van der Waals surface area contributed by atoms with Crippen molar-refractivity contribution in [2.24, 2.45) is 0 Å². The maximum absolute atomic E-state index is 12.4. The molecule has 0 unspecified atom stereocenters. The predicted octanol–water partition coefficient (Wildman–Crippen LogP) is 4.35. The van der Waals surface area contributed by atoms with Gasteiger partial charge in [0.2, 0.25) is 0 Å². The van der Waals surface area contributed by atoms with Crippen LogP contribution in [0.4, 0.5) is 0 Å². The monoisotopic (exact) mass is 293 g/mol. The summed E-state index contributed by atoms with van der Waals surface area (Å²) in [5, 5.41) is 4.94. The zero-order chi connectivity index (χ0) is 14.5. The Bertz CT molecular complexity index is 719. The first kappa shape index (κ1) is 13.6. The number of hydrogen-bond acceptors (Lipinski definition) is 2. The van der Waals surface area contributed by atoms with E-state index in [0.29, 0.717) is 6.54 Å². The maximum Gasteiger partial charge on any atom is 0.262 e. The predicted molar refractivity (Wildman–Crippen MR) is 87.4 cm³/mol. The summed E-state index contributed by atoms with van der Waals surface area (Å²) < 4.78 is 0. The minimum Gasteiger partial charge on any atom is -0.347 e. The molecule has 0 fully saturated rings. The van der Waals surface area contributed by atoms with Gasteiger partial charge in [0.05, 0.1) is 4.88 Å². The van der Waals surface area contributed by atoms with Gasteiger partial charge in [-0.1, -0.05) is 60.7 Å². The number of hydrogen-bond donors (Lipinski definition) is 1. The molecule has 3 aromatic rings. The Hall–Kier alpha value is -2.39. The van der Waals surface area contributed by atoms with Gasteiger partial charge in [0, 0.05) is 12.1 Å². The van der Waals surface area contributed by atoms with Crippen LogP contribution < -0.4 is 5.32 Å². The highest BCUT2D eigenvalue weighted by Gasteiger charge is 2.13. The number of thiophene rings is 1. The normalized spacial score (nSPS) is 10.3. The molecule has 1 amide bonds. The molecule has 0 aliphatic rings. The Balaban J connectivity index is 1.76. The molecule has 0 radical (unpaired) electrons. The highest BCUT2D eigenvalue weighted by atomic mass is 32.1. The minimum absolute atomic E-state index is 0.0206. The van der Waals surface area contributed by atoms with Gasteiger partial charge in [0.15, 0.2) is 0 Å². The van der Waals surface area contributed by atoms with Crippen molar-refractivity contribution < 1.29 is 4.79 Å². The van der Waals surface area contributed by atoms with Gasteiger partial charge in [-0.2, -0.15) is 0 Å². The van der Waals surface area contributed by atoms with E-state index < -0.39 is 0 Å². The quantitative estimate of drug-likeness (QED) is 0.761. The summed E-state index contributed by atoms with van der Waals surface area (Å²) in [4.78, 5) is 13.1. The van der Waals surface area contributed by atoms with Gasteiger partial charge in [0.1, 0.15) is 0 Å². The SMILES string of the molecule is O=C(NCc1ccccc1)c1sccc1-c1ccccc1. The number of nitrogens with one attached hydrogen (secondary N) is 1. The van der Waals surface area contributed by atoms with Crippen molar-refractivity contribution in [3.05, 3.63) is 82.6 Å². The van der Waals surface area contributed by atoms with Crippen LogP contribution in [0, 0.1) is 0 Å². The molecule has 0 saturated heterocycles. The molecule has 0 saturated carbocycles. The lowest BCUT2D eigenvalue weighted by molar-refractivity contribution is 0.0955. The second-order valence-electron chi connectivity index (χ2n) is 4.70. The van der Waals surface area contributed by atoms with E-state index in [4.69, 9.17) is 0 Å². The first-order valence-corrected chi connectivity index (χ1v) is 7.67. The standard InChI is InChI=1S/C18H15NOS/c20-18(19-13-14-7-3-1-4-8-14)17-16(11-12-21-17)15-9-5-2-6-10-15/h1-12H,13H2,(H,19,20). The van der Waals surface area contributed by atoms with Crippen LogP contribution in [-0.4, -0.2) is 5.91 Å². The number of rotatable bonds is 4. The molecule has 3 rings (SSSR count). The Kier molecular flexibility index (Phi) is 4.12. The van der Waals surface area contributed by atoms with Crippen LogP contribution >= 0.6 is 11.3 Å². The molecule has 1 N–H and O–H groups in total. The van der Waals surface area contributed by atoms with Crippen LogP contribution in [0.1, 0.15) is 15.2 Å². The fourth-order valence-corrected chi connectivity index (χ4v) is 3.02. The first-order chi connectivity index (χ1) is 10.3. The maximum atomic E-state index is 12.4. The lowest BCUT2D eigenvalue weighted by atomic mass is 10.1. The molecule has 1 aromatic heterocycles. The van der Waals surface area contributed by atoms with Gasteiger partial charge in [-0.3, -0.25) is 4.79 Å². The highest BCUT2D eigenvalue weighted by Crippen LogP contribution is 2.28. The third kappa shape index (κ3) is 3.20. The lowest BCUT2D eigenvalue weighted by Crippen LogP contribution is -2.22. The lowest BCUT2D eigenvalue weighted by Gasteiger charge is -2.06. The summed E-state index contributed by atoms with van der Waals surface area (Å²) in [6.07, 6.45) is 0. The Morgan fingerprint density at radius 3 is 2.29 bits per heavy atom. The van der Waals surface area contributed by atoms with Crippen LogP contribution in [0.15, 0.2) is 72.1 Å². The minimum atomic E-state index is -0.0206. The average molecular weight is 293 g/mol. The van der Waals surface area contributed by atoms with Crippen molar-refractivity contribution >= 4 is 17.2 Å². The summed E-state index contributed by atoms with van der Waals surface area (Å²) in [5.41, 5.74) is 3.17. The summed E-state index contributed by atoms with van der Waals surface area (Å²) in [5.74, 6) is -0.0206. The van der Waals surface area contributed by atoms with E-state index in [1.165, 1.54) is 11.3 Å². The third-order valence-corrected chi connectivity index (χ3v) is 4.17. The molecule has 3 heteroatoms. The number of benzene rings is 2. The third-order valence-electron chi connectivity index (χ3n) is 3.25. The fourth-order valence-electron chi connectivity index (χ4n) is 2.19. The van der Waals surface area contributed by atoms with Crippen molar-refractivity contribution in [1.29, 1.82) is 0 Å². The van der Waals surface area contributed by atoms with Crippen molar-refractivity contribution in [3.63, 3.8) is 0 Å². The van der Waals surface area contributed by atoms with Crippen LogP contribution in [-0.2, 0) is 6.54 Å². The van der Waals surface area contributed by atoms with E-state index in [2.05, 4.69) is 5.32 Å². The summed E-state index contributed by atoms with van der Waals surface area (Å²) in [6, 6.07) is 21.9. The molecule has 0 aliphatic carbocycles. The Morgan fingerprint density at radius 2 is 1.57 bits per heavy atom. The number of carbonyl (C=O) groups excluding carboxylic acids is 1. The second-order valence-corrected chi connectivity index (χ2v) is 5.61. The van der Waals surface area contributed by atoms with E-state index >= 15 is 0 Å². The largest absolute Gasteiger partial charge is 0.347 e. The van der Waals surface area contributed by atoms with Gasteiger partial charge < -0.3 is 5.32 Å². The molecular formula is C18H15NOS. The summed E-state index contributed by atoms with van der Waals surface area (Å²) in [6.45, 7) is 0.547. The zero-order valence-electron chi connectivity index (χ0n) is 11.5. The van der Waals surface area contributed by atoms with Crippen LogP contribution in [0.25, 0.3) is 11.1 Å². The van der Waals surface area contributed by atoms with Crippen molar-refractivity contribution in [3.8, 4) is 11.1 Å². The molecule has 1 heterocycles. The van der Waals surface area contributed by atoms with Gasteiger partial charge >= 0.3 is 0 Å². The number of amides is 1. The highest BCUT2D eigenvalue weighted by molar-refractivity contribution is 7.12. The van der Waals surface area contributed by atoms with Crippen molar-refractivity contribution in [2.75, 3.05) is 0 Å². The Labute approximate surface area is 128 Å². The second kappa shape index (κ2) is 6.37. The molecule has 2 aromatic carbocycles. The first-order valence-electron chi connectivity index (χ1n) is 6.79. The summed E-state index contributed by atoms with van der Waals surface area (Å²) in [7, 11) is 0. The van der Waals surface area contributed by atoms with Gasteiger partial charge in [-0.15, -0.1) is 11.3 Å². The molecule has 2 nitrogen and oxygen atoms in total. The van der Waals surface area contributed by atoms with Crippen LogP contribution in [0.3, 0.4) is 0 Å². The zero-order valence-corrected chi connectivity index (χ0v) is 12.3. The smallest absolute Gasteiger partial charge is 0.262 e. The number of carbonyl (C=O) groups is 1. The molecule has 0 spiro atoms. The molecule has 0 atom stereocenters. The van der Waals surface area contributed by atoms with E-state index in [9.17, 15) is 4.79 Å². The molecule has 21 heavy (non-hydrogen) atoms. The Morgan fingerprint density at radius 1 is 0.905 bits per heavy atom. The average Bonchev–Trinajstić information content (AvgIpc) is 3.04. The fraction of sp³-hybridized carbons (Fsp3) is 0.0556. The van der Waals surface area contributed by atoms with E-state index in [-0.39, 0.29) is 5.91 Å². The molecule has 0 aliphatic heterocycles. The molecule has 0 bridgehead atoms. The van der Waals surface area contributed by atoms with Gasteiger partial charge in [-0.05, 0) is 22.6 Å². The molecular weight excluding hydrogens is 278 g/mol. The van der Waals surface area contributed by atoms with E-state index in [1.54, 1.807) is 0 Å². The van der Waals surface area contributed by atoms with Crippen LogP contribution in [0.2, 0.25) is 0 Å². The van der Waals surface area contributed by atoms with Gasteiger partial charge in [-0.25, -0.2) is 0 Å². The topological polar surface area (TPSA) is 29.1 Å². The summed E-state index contributed by atoms with van der Waals surface area (Å²) >= 11 is 1.48. The van der Waals surface area contributed by atoms with E-state index in [1.807, 2.05) is 72.1 Å². The van der Waals surface area contributed by atoms with Crippen LogP contribution in [0.5, 0.6) is 0 Å². The van der Waals surface area contributed by atoms with Gasteiger partial charge in [0.25, 0.3) is 5.91 Å². The van der Waals surface area contributed by atoms with Crippen molar-refractivity contribution in [2.45, 2.75) is 6.54 Å². The van der Waals surface area contributed by atoms with E-state index in [0.717, 1.165) is 21.6 Å².